The predicted molar refractivity (Wildman–Crippen MR) is 51.6 cm³/mol. The minimum absolute atomic E-state index is 0.447. The Kier molecular flexibility index (Phi) is 1.53. The lowest BCUT2D eigenvalue weighted by Gasteiger charge is -2.15. The Morgan fingerprint density at radius 1 is 1.47 bits per heavy atom. The molecule has 80 valence electrons. The van der Waals surface area contributed by atoms with Crippen LogP contribution in [0.3, 0.4) is 0 Å². The average Bonchev–Trinajstić information content (AvgIpc) is 3.08. The topological polar surface area (TPSA) is 68.0 Å². The zero-order chi connectivity index (χ0) is 10.6. The molecule has 0 unspecified atom stereocenters. The molecule has 15 heavy (non-hydrogen) atoms. The molecule has 0 spiro atoms. The standard InChI is InChI=1S/C10H13N3O2/c1-6-11-12-8(7-2-3-7)13(6)10(4-5-10)9(14)15/h7H,2-5H2,1H3,(H,14,15). The van der Waals surface area contributed by atoms with Gasteiger partial charge in [-0.2, -0.15) is 0 Å². The Balaban J connectivity index is 2.10. The number of hydrogen-bond donors (Lipinski definition) is 1. The number of aromatic nitrogens is 3. The third-order valence-electron chi connectivity index (χ3n) is 3.34. The molecule has 0 bridgehead atoms. The molecule has 1 N–H and O–H groups in total. The smallest absolute Gasteiger partial charge is 0.329 e. The number of rotatable bonds is 3. The molecule has 0 amide bonds. The third kappa shape index (κ3) is 1.12. The Labute approximate surface area is 87.1 Å². The van der Waals surface area contributed by atoms with E-state index in [0.29, 0.717) is 18.8 Å². The van der Waals surface area contributed by atoms with Crippen LogP contribution in [0.1, 0.15) is 43.3 Å². The summed E-state index contributed by atoms with van der Waals surface area (Å²) >= 11 is 0. The zero-order valence-electron chi connectivity index (χ0n) is 8.60. The van der Waals surface area contributed by atoms with Crippen molar-refractivity contribution in [2.45, 2.75) is 44.1 Å². The van der Waals surface area contributed by atoms with Gasteiger partial charge in [-0.3, -0.25) is 4.57 Å². The van der Waals surface area contributed by atoms with E-state index in [1.165, 1.54) is 0 Å². The largest absolute Gasteiger partial charge is 0.479 e. The molecular formula is C10H13N3O2. The Morgan fingerprint density at radius 2 is 2.13 bits per heavy atom. The van der Waals surface area contributed by atoms with Crippen LogP contribution in [0.15, 0.2) is 0 Å². The van der Waals surface area contributed by atoms with Gasteiger partial charge in [0.1, 0.15) is 17.2 Å². The summed E-state index contributed by atoms with van der Waals surface area (Å²) in [5.41, 5.74) is -0.717. The molecule has 1 aromatic heterocycles. The molecule has 0 atom stereocenters. The lowest BCUT2D eigenvalue weighted by Crippen LogP contribution is -2.29. The van der Waals surface area contributed by atoms with Crippen LogP contribution in [0.25, 0.3) is 0 Å². The van der Waals surface area contributed by atoms with Gasteiger partial charge in [0, 0.05) is 5.92 Å². The molecular weight excluding hydrogens is 194 g/mol. The van der Waals surface area contributed by atoms with Crippen molar-refractivity contribution >= 4 is 5.97 Å². The number of hydrogen-bond acceptors (Lipinski definition) is 3. The lowest BCUT2D eigenvalue weighted by atomic mass is 10.2. The SMILES string of the molecule is Cc1nnc(C2CC2)n1C1(C(=O)O)CC1. The Bertz CT molecular complexity index is 430. The van der Waals surface area contributed by atoms with Crippen LogP contribution in [0.4, 0.5) is 0 Å². The van der Waals surface area contributed by atoms with E-state index in [0.717, 1.165) is 24.5 Å². The van der Waals surface area contributed by atoms with Gasteiger partial charge in [-0.05, 0) is 32.6 Å². The van der Waals surface area contributed by atoms with E-state index >= 15 is 0 Å². The van der Waals surface area contributed by atoms with Crippen LogP contribution in [0.5, 0.6) is 0 Å². The second-order valence-electron chi connectivity index (χ2n) is 4.55. The van der Waals surface area contributed by atoms with Gasteiger partial charge in [0.2, 0.25) is 0 Å². The molecule has 5 heteroatoms. The van der Waals surface area contributed by atoms with E-state index in [4.69, 9.17) is 0 Å². The minimum Gasteiger partial charge on any atom is -0.479 e. The van der Waals surface area contributed by atoms with Crippen LogP contribution >= 0.6 is 0 Å². The molecule has 3 rings (SSSR count). The molecule has 1 aromatic rings. The lowest BCUT2D eigenvalue weighted by molar-refractivity contribution is -0.142. The Morgan fingerprint density at radius 3 is 2.60 bits per heavy atom. The second-order valence-corrected chi connectivity index (χ2v) is 4.55. The summed E-state index contributed by atoms with van der Waals surface area (Å²) in [4.78, 5) is 11.3. The summed E-state index contributed by atoms with van der Waals surface area (Å²) in [5, 5.41) is 17.4. The third-order valence-corrected chi connectivity index (χ3v) is 3.34. The van der Waals surface area contributed by atoms with Crippen molar-refractivity contribution in [1.29, 1.82) is 0 Å². The first-order chi connectivity index (χ1) is 7.15. The molecule has 0 saturated heterocycles. The number of carboxylic acid groups (broad SMARTS) is 1. The minimum atomic E-state index is -0.743. The van der Waals surface area contributed by atoms with Crippen LogP contribution in [0, 0.1) is 6.92 Å². The van der Waals surface area contributed by atoms with Crippen LogP contribution in [0.2, 0.25) is 0 Å². The summed E-state index contributed by atoms with van der Waals surface area (Å²) in [6.07, 6.45) is 3.66. The normalized spacial score (nSPS) is 22.7. The summed E-state index contributed by atoms with van der Waals surface area (Å²) in [5.74, 6) is 1.32. The number of aliphatic carboxylic acids is 1. The van der Waals surface area contributed by atoms with Gasteiger partial charge >= 0.3 is 5.97 Å². The molecule has 2 aliphatic carbocycles. The van der Waals surface area contributed by atoms with Crippen molar-refractivity contribution < 1.29 is 9.90 Å². The maximum absolute atomic E-state index is 11.3. The highest BCUT2D eigenvalue weighted by atomic mass is 16.4. The maximum Gasteiger partial charge on any atom is 0.329 e. The van der Waals surface area contributed by atoms with Crippen LogP contribution < -0.4 is 0 Å². The number of carbonyl (C=O) groups is 1. The summed E-state index contributed by atoms with van der Waals surface area (Å²) in [6.45, 7) is 1.84. The molecule has 2 saturated carbocycles. The fourth-order valence-corrected chi connectivity index (χ4v) is 2.17. The predicted octanol–water partition coefficient (Wildman–Crippen LogP) is 1.04. The van der Waals surface area contributed by atoms with E-state index in [1.807, 2.05) is 11.5 Å². The van der Waals surface area contributed by atoms with Crippen molar-refractivity contribution in [2.24, 2.45) is 0 Å². The van der Waals surface area contributed by atoms with Crippen molar-refractivity contribution in [3.8, 4) is 0 Å². The first-order valence-electron chi connectivity index (χ1n) is 5.31. The average molecular weight is 207 g/mol. The highest BCUT2D eigenvalue weighted by Gasteiger charge is 2.55. The van der Waals surface area contributed by atoms with E-state index in [1.54, 1.807) is 0 Å². The molecule has 2 aliphatic rings. The van der Waals surface area contributed by atoms with Crippen molar-refractivity contribution in [1.82, 2.24) is 14.8 Å². The summed E-state index contributed by atoms with van der Waals surface area (Å²) < 4.78 is 1.85. The van der Waals surface area contributed by atoms with Gasteiger partial charge in [-0.15, -0.1) is 10.2 Å². The molecule has 0 radical (unpaired) electrons. The van der Waals surface area contributed by atoms with Gasteiger partial charge in [-0.25, -0.2) is 4.79 Å². The fraction of sp³-hybridized carbons (Fsp3) is 0.700. The highest BCUT2D eigenvalue weighted by Crippen LogP contribution is 2.49. The first-order valence-corrected chi connectivity index (χ1v) is 5.31. The highest BCUT2D eigenvalue weighted by molar-refractivity contribution is 5.80. The van der Waals surface area contributed by atoms with Gasteiger partial charge in [0.15, 0.2) is 0 Å². The first kappa shape index (κ1) is 8.88. The van der Waals surface area contributed by atoms with E-state index in [-0.39, 0.29) is 0 Å². The number of nitrogens with zero attached hydrogens (tertiary/aromatic N) is 3. The summed E-state index contributed by atoms with van der Waals surface area (Å²) in [7, 11) is 0. The molecule has 2 fully saturated rings. The molecule has 5 nitrogen and oxygen atoms in total. The second kappa shape index (κ2) is 2.59. The summed E-state index contributed by atoms with van der Waals surface area (Å²) in [6, 6.07) is 0. The van der Waals surface area contributed by atoms with Gasteiger partial charge in [0.05, 0.1) is 0 Å². The van der Waals surface area contributed by atoms with Gasteiger partial charge in [-0.1, -0.05) is 0 Å². The molecule has 1 heterocycles. The quantitative estimate of drug-likeness (QED) is 0.804. The van der Waals surface area contributed by atoms with E-state index < -0.39 is 11.5 Å². The monoisotopic (exact) mass is 207 g/mol. The maximum atomic E-state index is 11.3. The number of aryl methyl sites for hydroxylation is 1. The Hall–Kier alpha value is -1.39. The zero-order valence-corrected chi connectivity index (χ0v) is 8.60. The van der Waals surface area contributed by atoms with E-state index in [9.17, 15) is 9.90 Å². The van der Waals surface area contributed by atoms with Crippen LogP contribution in [-0.4, -0.2) is 25.8 Å². The molecule has 0 aromatic carbocycles. The van der Waals surface area contributed by atoms with Gasteiger partial charge < -0.3 is 5.11 Å². The number of carboxylic acids is 1. The van der Waals surface area contributed by atoms with Crippen molar-refractivity contribution in [3.63, 3.8) is 0 Å². The van der Waals surface area contributed by atoms with Crippen molar-refractivity contribution in [2.75, 3.05) is 0 Å². The fourth-order valence-electron chi connectivity index (χ4n) is 2.17. The van der Waals surface area contributed by atoms with Crippen molar-refractivity contribution in [3.05, 3.63) is 11.6 Å². The molecule has 0 aliphatic heterocycles. The van der Waals surface area contributed by atoms with E-state index in [2.05, 4.69) is 10.2 Å². The van der Waals surface area contributed by atoms with Crippen LogP contribution in [-0.2, 0) is 10.3 Å². The van der Waals surface area contributed by atoms with Gasteiger partial charge in [0.25, 0.3) is 0 Å².